The van der Waals surface area contributed by atoms with E-state index in [4.69, 9.17) is 14.6 Å². The van der Waals surface area contributed by atoms with E-state index in [2.05, 4.69) is 0 Å². The second-order valence-corrected chi connectivity index (χ2v) is 3.09. The van der Waals surface area contributed by atoms with E-state index < -0.39 is 5.97 Å². The minimum Gasteiger partial charge on any atom is -0.492 e. The van der Waals surface area contributed by atoms with E-state index in [0.29, 0.717) is 5.56 Å². The summed E-state index contributed by atoms with van der Waals surface area (Å²) in [6, 6.07) is 2.73. The Morgan fingerprint density at radius 2 is 1.50 bits per heavy atom. The van der Waals surface area contributed by atoms with Crippen molar-refractivity contribution in [2.24, 2.45) is 0 Å². The maximum Gasteiger partial charge on any atom is 0.339 e. The maximum absolute atomic E-state index is 11.3. The highest BCUT2D eigenvalue weighted by Gasteiger charge is 2.20. The van der Waals surface area contributed by atoms with Gasteiger partial charge >= 0.3 is 5.97 Å². The van der Waals surface area contributed by atoms with Crippen LogP contribution >= 0.6 is 0 Å². The van der Waals surface area contributed by atoms with Crippen molar-refractivity contribution in [2.75, 3.05) is 14.2 Å². The molecule has 0 spiro atoms. The lowest BCUT2D eigenvalue weighted by atomic mass is 10.1. The van der Waals surface area contributed by atoms with Crippen LogP contribution in [-0.2, 0) is 0 Å². The van der Waals surface area contributed by atoms with Crippen molar-refractivity contribution >= 4 is 11.8 Å². The summed E-state index contributed by atoms with van der Waals surface area (Å²) in [7, 11) is 2.68. The number of carboxylic acids is 1. The van der Waals surface area contributed by atoms with Gasteiger partial charge in [0.2, 0.25) is 0 Å². The highest BCUT2D eigenvalue weighted by atomic mass is 16.5. The Balaban J connectivity index is 3.52. The second kappa shape index (κ2) is 4.65. The second-order valence-electron chi connectivity index (χ2n) is 3.09. The van der Waals surface area contributed by atoms with Gasteiger partial charge in [0.1, 0.15) is 5.56 Å². The predicted molar refractivity (Wildman–Crippen MR) is 56.5 cm³/mol. The third-order valence-corrected chi connectivity index (χ3v) is 2.13. The van der Waals surface area contributed by atoms with Crippen molar-refractivity contribution in [2.45, 2.75) is 6.92 Å². The molecule has 0 aliphatic carbocycles. The summed E-state index contributed by atoms with van der Waals surface area (Å²) >= 11 is 0. The fraction of sp³-hybridized carbons (Fsp3) is 0.273. The van der Waals surface area contributed by atoms with Gasteiger partial charge < -0.3 is 14.6 Å². The van der Waals surface area contributed by atoms with Gasteiger partial charge in [0.25, 0.3) is 0 Å². The number of methoxy groups -OCH3 is 2. The number of ether oxygens (including phenoxy) is 2. The zero-order chi connectivity index (χ0) is 12.3. The molecule has 5 heteroatoms. The van der Waals surface area contributed by atoms with Crippen LogP contribution < -0.4 is 9.47 Å². The molecule has 0 aromatic heterocycles. The fourth-order valence-corrected chi connectivity index (χ4v) is 1.41. The number of hydrogen-bond donors (Lipinski definition) is 1. The number of Topliss-reactive ketones (excluding diaryl/α,β-unsaturated/α-hetero) is 1. The highest BCUT2D eigenvalue weighted by molar-refractivity contribution is 6.01. The lowest BCUT2D eigenvalue weighted by Gasteiger charge is -2.13. The summed E-state index contributed by atoms with van der Waals surface area (Å²) in [5.41, 5.74) is 0.258. The van der Waals surface area contributed by atoms with Crippen molar-refractivity contribution in [1.82, 2.24) is 0 Å². The molecule has 1 N–H and O–H groups in total. The molecule has 86 valence electrons. The van der Waals surface area contributed by atoms with Crippen LogP contribution in [-0.4, -0.2) is 31.1 Å². The molecule has 0 radical (unpaired) electrons. The molecular formula is C11H12O5. The molecule has 0 heterocycles. The molecule has 0 unspecified atom stereocenters. The van der Waals surface area contributed by atoms with Crippen LogP contribution in [0.25, 0.3) is 0 Å². The molecule has 5 nitrogen and oxygen atoms in total. The van der Waals surface area contributed by atoms with Gasteiger partial charge in [0, 0.05) is 0 Å². The Labute approximate surface area is 92.6 Å². The van der Waals surface area contributed by atoms with Crippen molar-refractivity contribution in [1.29, 1.82) is 0 Å². The molecule has 0 bridgehead atoms. The number of carbonyl (C=O) groups excluding carboxylic acids is 1. The van der Waals surface area contributed by atoms with Gasteiger partial charge in [-0.15, -0.1) is 0 Å². The van der Waals surface area contributed by atoms with E-state index in [-0.39, 0.29) is 22.8 Å². The Morgan fingerprint density at radius 1 is 1.06 bits per heavy atom. The number of rotatable bonds is 4. The van der Waals surface area contributed by atoms with Crippen LogP contribution in [0.4, 0.5) is 0 Å². The van der Waals surface area contributed by atoms with Gasteiger partial charge in [-0.2, -0.15) is 0 Å². The van der Waals surface area contributed by atoms with Gasteiger partial charge in [-0.25, -0.2) is 4.79 Å². The monoisotopic (exact) mass is 224 g/mol. The molecule has 0 aliphatic rings. The van der Waals surface area contributed by atoms with Crippen molar-refractivity contribution in [3.8, 4) is 11.5 Å². The molecular weight excluding hydrogens is 212 g/mol. The Hall–Kier alpha value is -2.04. The molecule has 0 saturated carbocycles. The number of aromatic carboxylic acids is 1. The maximum atomic E-state index is 11.3. The summed E-state index contributed by atoms with van der Waals surface area (Å²) in [6.45, 7) is 1.37. The molecule has 0 saturated heterocycles. The summed E-state index contributed by atoms with van der Waals surface area (Å²) in [4.78, 5) is 22.2. The van der Waals surface area contributed by atoms with Crippen LogP contribution in [0, 0.1) is 0 Å². The summed E-state index contributed by atoms with van der Waals surface area (Å²) in [5, 5.41) is 8.93. The number of ketones is 1. The molecule has 1 aromatic rings. The number of benzene rings is 1. The third kappa shape index (κ3) is 1.98. The van der Waals surface area contributed by atoms with Crippen LogP contribution in [0.2, 0.25) is 0 Å². The first kappa shape index (κ1) is 12.0. The number of hydrogen-bond acceptors (Lipinski definition) is 4. The van der Waals surface area contributed by atoms with E-state index in [9.17, 15) is 9.59 Å². The molecule has 1 rings (SSSR count). The predicted octanol–water partition coefficient (Wildman–Crippen LogP) is 1.60. The van der Waals surface area contributed by atoms with Gasteiger partial charge in [0.05, 0.1) is 19.8 Å². The van der Waals surface area contributed by atoms with E-state index in [1.165, 1.54) is 33.3 Å². The smallest absolute Gasteiger partial charge is 0.339 e. The average Bonchev–Trinajstić information content (AvgIpc) is 2.26. The SMILES string of the molecule is COc1c(C(C)=O)ccc(C(=O)O)c1OC. The molecule has 0 atom stereocenters. The zero-order valence-corrected chi connectivity index (χ0v) is 9.23. The minimum atomic E-state index is -1.13. The standard InChI is InChI=1S/C11H12O5/c1-6(12)7-4-5-8(11(13)14)10(16-3)9(7)15-2/h4-5H,1-3H3,(H,13,14). The third-order valence-electron chi connectivity index (χ3n) is 2.13. The summed E-state index contributed by atoms with van der Waals surface area (Å²) in [5.74, 6) is -1.14. The first-order valence-electron chi connectivity index (χ1n) is 4.52. The Bertz CT molecular complexity index is 395. The van der Waals surface area contributed by atoms with Gasteiger partial charge in [-0.3, -0.25) is 4.79 Å². The largest absolute Gasteiger partial charge is 0.492 e. The number of carboxylic acid groups (broad SMARTS) is 1. The average molecular weight is 224 g/mol. The van der Waals surface area contributed by atoms with Crippen LogP contribution in [0.3, 0.4) is 0 Å². The minimum absolute atomic E-state index is 0.0376. The Morgan fingerprint density at radius 3 is 1.88 bits per heavy atom. The Kier molecular flexibility index (Phi) is 3.50. The quantitative estimate of drug-likeness (QED) is 0.786. The normalized spacial score (nSPS) is 9.69. The molecule has 0 aliphatic heterocycles. The molecule has 16 heavy (non-hydrogen) atoms. The lowest BCUT2D eigenvalue weighted by molar-refractivity contribution is 0.0692. The topological polar surface area (TPSA) is 72.8 Å². The van der Waals surface area contributed by atoms with Gasteiger partial charge in [-0.05, 0) is 19.1 Å². The van der Waals surface area contributed by atoms with E-state index in [1.807, 2.05) is 0 Å². The molecule has 0 amide bonds. The van der Waals surface area contributed by atoms with E-state index >= 15 is 0 Å². The van der Waals surface area contributed by atoms with Crippen molar-refractivity contribution in [3.63, 3.8) is 0 Å². The lowest BCUT2D eigenvalue weighted by Crippen LogP contribution is -2.06. The highest BCUT2D eigenvalue weighted by Crippen LogP contribution is 2.34. The molecule has 0 fully saturated rings. The van der Waals surface area contributed by atoms with Gasteiger partial charge in [0.15, 0.2) is 17.3 Å². The number of carbonyl (C=O) groups is 2. The van der Waals surface area contributed by atoms with Crippen LogP contribution in [0.1, 0.15) is 27.6 Å². The van der Waals surface area contributed by atoms with E-state index in [0.717, 1.165) is 0 Å². The van der Waals surface area contributed by atoms with Crippen LogP contribution in [0.15, 0.2) is 12.1 Å². The van der Waals surface area contributed by atoms with Crippen molar-refractivity contribution in [3.05, 3.63) is 23.3 Å². The summed E-state index contributed by atoms with van der Waals surface area (Å²) < 4.78 is 9.97. The summed E-state index contributed by atoms with van der Waals surface area (Å²) in [6.07, 6.45) is 0. The van der Waals surface area contributed by atoms with E-state index in [1.54, 1.807) is 0 Å². The fourth-order valence-electron chi connectivity index (χ4n) is 1.41. The zero-order valence-electron chi connectivity index (χ0n) is 9.23. The van der Waals surface area contributed by atoms with Crippen molar-refractivity contribution < 1.29 is 24.2 Å². The van der Waals surface area contributed by atoms with Crippen LogP contribution in [0.5, 0.6) is 11.5 Å². The first-order valence-corrected chi connectivity index (χ1v) is 4.52. The van der Waals surface area contributed by atoms with Gasteiger partial charge in [-0.1, -0.05) is 0 Å². The molecule has 1 aromatic carbocycles. The first-order chi connectivity index (χ1) is 7.52.